The summed E-state index contributed by atoms with van der Waals surface area (Å²) in [5.41, 5.74) is 4.32. The van der Waals surface area contributed by atoms with Gasteiger partial charge in [-0.05, 0) is 49.3 Å². The molecule has 0 atom stereocenters. The monoisotopic (exact) mass is 350 g/mol. The van der Waals surface area contributed by atoms with Gasteiger partial charge in [0.2, 0.25) is 0 Å². The molecule has 0 aliphatic heterocycles. The Bertz CT molecular complexity index is 887. The zero-order valence-corrected chi connectivity index (χ0v) is 15.3. The van der Waals surface area contributed by atoms with Gasteiger partial charge in [0.15, 0.2) is 4.77 Å². The summed E-state index contributed by atoms with van der Waals surface area (Å²) in [6.07, 6.45) is 3.74. The van der Waals surface area contributed by atoms with E-state index in [9.17, 15) is 0 Å². The van der Waals surface area contributed by atoms with E-state index in [1.807, 2.05) is 42.7 Å². The predicted octanol–water partition coefficient (Wildman–Crippen LogP) is 4.94. The van der Waals surface area contributed by atoms with Crippen molar-refractivity contribution >= 4 is 24.1 Å². The first-order valence-corrected chi connectivity index (χ1v) is 8.88. The Balaban J connectivity index is 1.78. The number of hydrogen-bond donors (Lipinski definition) is 1. The van der Waals surface area contributed by atoms with Crippen LogP contribution in [0.2, 0.25) is 0 Å². The van der Waals surface area contributed by atoms with Crippen LogP contribution in [0.5, 0.6) is 0 Å². The lowest BCUT2D eigenvalue weighted by molar-refractivity contribution is 0.863. The van der Waals surface area contributed by atoms with Gasteiger partial charge in [-0.1, -0.05) is 42.5 Å². The highest BCUT2D eigenvalue weighted by Crippen LogP contribution is 2.17. The lowest BCUT2D eigenvalue weighted by atomic mass is 10.2. The van der Waals surface area contributed by atoms with Crippen LogP contribution in [0, 0.1) is 4.77 Å². The van der Waals surface area contributed by atoms with E-state index in [0.717, 1.165) is 29.9 Å². The molecule has 5 heteroatoms. The van der Waals surface area contributed by atoms with Gasteiger partial charge in [0.25, 0.3) is 0 Å². The molecular formula is C20H22N4S. The van der Waals surface area contributed by atoms with Crippen LogP contribution in [0.4, 0.5) is 5.69 Å². The van der Waals surface area contributed by atoms with Crippen molar-refractivity contribution in [3.05, 3.63) is 71.1 Å². The summed E-state index contributed by atoms with van der Waals surface area (Å²) in [6.45, 7) is 6.34. The average Bonchev–Trinajstić information content (AvgIpc) is 3.03. The Morgan fingerprint density at radius 1 is 1.04 bits per heavy atom. The largest absolute Gasteiger partial charge is 0.372 e. The normalized spacial score (nSPS) is 11.1. The molecule has 25 heavy (non-hydrogen) atoms. The predicted molar refractivity (Wildman–Crippen MR) is 108 cm³/mol. The molecule has 1 heterocycles. The van der Waals surface area contributed by atoms with Gasteiger partial charge in [-0.2, -0.15) is 5.10 Å². The number of nitrogens with one attached hydrogen (secondary N) is 1. The third-order valence-electron chi connectivity index (χ3n) is 4.14. The van der Waals surface area contributed by atoms with E-state index in [0.29, 0.717) is 4.77 Å². The number of anilines is 1. The van der Waals surface area contributed by atoms with Crippen LogP contribution >= 0.6 is 12.2 Å². The minimum Gasteiger partial charge on any atom is -0.372 e. The lowest BCUT2D eigenvalue weighted by Crippen LogP contribution is -2.21. The molecule has 0 unspecified atom stereocenters. The minimum atomic E-state index is 0.579. The second kappa shape index (κ2) is 7.94. The molecule has 1 N–H and O–H groups in total. The smallest absolute Gasteiger partial charge is 0.198 e. The first-order chi connectivity index (χ1) is 12.2. The summed E-state index contributed by atoms with van der Waals surface area (Å²) in [5, 5.41) is 4.48. The summed E-state index contributed by atoms with van der Waals surface area (Å²) in [4.78, 5) is 5.51. The Hall–Kier alpha value is -2.66. The third kappa shape index (κ3) is 4.06. The summed E-state index contributed by atoms with van der Waals surface area (Å²) < 4.78 is 2.27. The Morgan fingerprint density at radius 2 is 1.72 bits per heavy atom. The highest BCUT2D eigenvalue weighted by atomic mass is 32.1. The molecule has 3 rings (SSSR count). The van der Waals surface area contributed by atoms with Gasteiger partial charge < -0.3 is 9.88 Å². The molecule has 0 aliphatic carbocycles. The number of nitrogens with zero attached hydrogens (tertiary/aromatic N) is 3. The van der Waals surface area contributed by atoms with Crippen molar-refractivity contribution in [2.45, 2.75) is 13.8 Å². The van der Waals surface area contributed by atoms with Crippen LogP contribution in [0.15, 0.2) is 65.9 Å². The van der Waals surface area contributed by atoms with E-state index in [4.69, 9.17) is 12.2 Å². The molecule has 0 fully saturated rings. The van der Waals surface area contributed by atoms with E-state index >= 15 is 0 Å². The quantitative estimate of drug-likeness (QED) is 0.505. The van der Waals surface area contributed by atoms with E-state index in [2.05, 4.69) is 53.1 Å². The first kappa shape index (κ1) is 17.2. The summed E-state index contributed by atoms with van der Waals surface area (Å²) >= 11 is 5.36. The van der Waals surface area contributed by atoms with E-state index in [-0.39, 0.29) is 0 Å². The van der Waals surface area contributed by atoms with Gasteiger partial charge in [0, 0.05) is 18.8 Å². The lowest BCUT2D eigenvalue weighted by Gasteiger charge is -2.20. The zero-order chi connectivity index (χ0) is 17.6. The fourth-order valence-corrected chi connectivity index (χ4v) is 2.93. The van der Waals surface area contributed by atoms with E-state index in [1.54, 1.807) is 4.68 Å². The number of hydrogen-bond acceptors (Lipinski definition) is 3. The molecule has 0 radical (unpaired) electrons. The van der Waals surface area contributed by atoms with Crippen LogP contribution in [0.3, 0.4) is 0 Å². The molecule has 0 aliphatic rings. The second-order valence-electron chi connectivity index (χ2n) is 5.69. The Labute approximate surface area is 153 Å². The standard InChI is InChI=1S/C20H22N4S/c1-3-23(4-2)18-12-10-16(11-13-18)14-21-24-15-19(22-20(24)25)17-8-6-5-7-9-17/h5-15H,3-4H2,1-2H3,(H,22,25)/b21-14+. The van der Waals surface area contributed by atoms with Gasteiger partial charge in [0.05, 0.1) is 18.1 Å². The number of H-pyrrole nitrogens is 1. The maximum absolute atomic E-state index is 5.36. The fourth-order valence-electron chi connectivity index (χ4n) is 2.72. The van der Waals surface area contributed by atoms with Crippen LogP contribution in [0.25, 0.3) is 11.3 Å². The molecule has 0 amide bonds. The molecule has 1 aromatic heterocycles. The van der Waals surface area contributed by atoms with Gasteiger partial charge >= 0.3 is 0 Å². The number of rotatable bonds is 6. The van der Waals surface area contributed by atoms with Crippen LogP contribution in [-0.4, -0.2) is 29.0 Å². The summed E-state index contributed by atoms with van der Waals surface area (Å²) in [6, 6.07) is 18.5. The van der Waals surface area contributed by atoms with Crippen molar-refractivity contribution in [2.75, 3.05) is 18.0 Å². The minimum absolute atomic E-state index is 0.579. The first-order valence-electron chi connectivity index (χ1n) is 8.47. The van der Waals surface area contributed by atoms with E-state index < -0.39 is 0 Å². The summed E-state index contributed by atoms with van der Waals surface area (Å²) in [5.74, 6) is 0. The van der Waals surface area contributed by atoms with Gasteiger partial charge in [0.1, 0.15) is 0 Å². The SMILES string of the molecule is CCN(CC)c1ccc(/C=N/n2cc(-c3ccccc3)[nH]c2=S)cc1. The van der Waals surface area contributed by atoms with Crippen molar-refractivity contribution in [3.8, 4) is 11.3 Å². The molecule has 128 valence electrons. The van der Waals surface area contributed by atoms with Crippen molar-refractivity contribution in [1.29, 1.82) is 0 Å². The molecule has 0 spiro atoms. The van der Waals surface area contributed by atoms with E-state index in [1.165, 1.54) is 5.69 Å². The zero-order valence-electron chi connectivity index (χ0n) is 14.5. The maximum Gasteiger partial charge on any atom is 0.198 e. The number of imidazole rings is 1. The van der Waals surface area contributed by atoms with Crippen LogP contribution in [0.1, 0.15) is 19.4 Å². The van der Waals surface area contributed by atoms with Crippen molar-refractivity contribution in [2.24, 2.45) is 5.10 Å². The molecule has 4 nitrogen and oxygen atoms in total. The van der Waals surface area contributed by atoms with Crippen molar-refractivity contribution in [3.63, 3.8) is 0 Å². The van der Waals surface area contributed by atoms with Crippen molar-refractivity contribution < 1.29 is 0 Å². The summed E-state index contributed by atoms with van der Waals surface area (Å²) in [7, 11) is 0. The number of benzene rings is 2. The highest BCUT2D eigenvalue weighted by molar-refractivity contribution is 7.71. The fraction of sp³-hybridized carbons (Fsp3) is 0.200. The Kier molecular flexibility index (Phi) is 5.46. The molecule has 0 saturated carbocycles. The second-order valence-corrected chi connectivity index (χ2v) is 6.08. The topological polar surface area (TPSA) is 36.3 Å². The highest BCUT2D eigenvalue weighted by Gasteiger charge is 2.02. The Morgan fingerprint density at radius 3 is 2.36 bits per heavy atom. The van der Waals surface area contributed by atoms with Crippen LogP contribution < -0.4 is 4.90 Å². The molecule has 2 aromatic carbocycles. The number of aromatic amines is 1. The molecule has 0 saturated heterocycles. The van der Waals surface area contributed by atoms with Gasteiger partial charge in [-0.15, -0.1) is 0 Å². The number of aromatic nitrogens is 2. The van der Waals surface area contributed by atoms with Gasteiger partial charge in [-0.25, -0.2) is 4.68 Å². The average molecular weight is 350 g/mol. The molecule has 0 bridgehead atoms. The van der Waals surface area contributed by atoms with Gasteiger partial charge in [-0.3, -0.25) is 0 Å². The third-order valence-corrected chi connectivity index (χ3v) is 4.43. The molecular weight excluding hydrogens is 328 g/mol. The molecule has 3 aromatic rings. The van der Waals surface area contributed by atoms with Crippen molar-refractivity contribution in [1.82, 2.24) is 9.66 Å². The van der Waals surface area contributed by atoms with Crippen LogP contribution in [-0.2, 0) is 0 Å². The maximum atomic E-state index is 5.36.